The number of nitrogens with two attached hydrogens (primary N) is 2. The number of rotatable bonds is 7. The maximum Gasteiger partial charge on any atom is 0.262 e. The Morgan fingerprint density at radius 3 is 2.65 bits per heavy atom. The number of carbonyl (C=O) groups excluding carboxylic acids is 1. The Balaban J connectivity index is 0.00000199. The number of alkyl halides is 2. The van der Waals surface area contributed by atoms with Gasteiger partial charge in [0.2, 0.25) is 0 Å². The molecular weight excluding hydrogens is 440 g/mol. The second-order valence-electron chi connectivity index (χ2n) is 8.13. The number of likely N-dealkylation sites (tertiary alicyclic amines) is 1. The van der Waals surface area contributed by atoms with Gasteiger partial charge < -0.3 is 27.0 Å². The number of anilines is 1. The lowest BCUT2D eigenvalue weighted by Gasteiger charge is -2.35. The standard InChI is InChI=1S/C23H32F2N6O.CH5N/c1-16(25)21(31-11-4-3-5-12-31)19(7-6-9-24)29-23(32)22-28-14-18(15-30(22)2)17-8-10-27-20(26)13-17;1-2/h6-8,10,13-14,16,22,28H,3-5,9,11-12,15H2,1-2H3,(H2,26,27)(H,29,32);2H2,1H3/b7-6-,21-19-;. The van der Waals surface area contributed by atoms with E-state index in [1.165, 1.54) is 26.1 Å². The van der Waals surface area contributed by atoms with Crippen LogP contribution in [0.4, 0.5) is 14.6 Å². The van der Waals surface area contributed by atoms with Crippen LogP contribution in [0.15, 0.2) is 48.1 Å². The molecule has 0 saturated carbocycles. The van der Waals surface area contributed by atoms with Gasteiger partial charge in [0.05, 0.1) is 11.4 Å². The predicted molar refractivity (Wildman–Crippen MR) is 133 cm³/mol. The van der Waals surface area contributed by atoms with Gasteiger partial charge in [0, 0.05) is 32.0 Å². The van der Waals surface area contributed by atoms with Crippen molar-refractivity contribution in [1.82, 2.24) is 25.4 Å². The topological polar surface area (TPSA) is 113 Å². The molecule has 2 aliphatic heterocycles. The molecular formula is C24H37F2N7O. The first kappa shape index (κ1) is 27.3. The SMILES string of the molecule is CC(F)/C(=C(\C=C/CF)NC(=O)C1NC=C(c2ccnc(N)c2)CN1C)N1CCCCC1.CN. The molecule has 8 nitrogen and oxygen atoms in total. The van der Waals surface area contributed by atoms with Crippen LogP contribution in [0.2, 0.25) is 0 Å². The zero-order chi connectivity index (χ0) is 25.1. The molecule has 6 N–H and O–H groups in total. The van der Waals surface area contributed by atoms with Crippen molar-refractivity contribution in [2.24, 2.45) is 5.73 Å². The fourth-order valence-electron chi connectivity index (χ4n) is 4.14. The Morgan fingerprint density at radius 2 is 2.06 bits per heavy atom. The maximum absolute atomic E-state index is 14.6. The minimum Gasteiger partial charge on any atom is -0.384 e. The number of nitrogens with one attached hydrogen (secondary N) is 2. The molecule has 0 aromatic carbocycles. The largest absolute Gasteiger partial charge is 0.384 e. The molecule has 1 saturated heterocycles. The van der Waals surface area contributed by atoms with Crippen molar-refractivity contribution in [3.63, 3.8) is 0 Å². The monoisotopic (exact) mass is 477 g/mol. The summed E-state index contributed by atoms with van der Waals surface area (Å²) in [5.41, 5.74) is 12.9. The van der Waals surface area contributed by atoms with E-state index in [0.717, 1.165) is 43.5 Å². The molecule has 2 unspecified atom stereocenters. The van der Waals surface area contributed by atoms with Crippen LogP contribution in [0.5, 0.6) is 0 Å². The molecule has 0 radical (unpaired) electrons. The molecule has 0 bridgehead atoms. The normalized spacial score (nSPS) is 20.5. The Labute approximate surface area is 200 Å². The summed E-state index contributed by atoms with van der Waals surface area (Å²) in [5, 5.41) is 5.94. The summed E-state index contributed by atoms with van der Waals surface area (Å²) in [6.45, 7) is 2.69. The first-order valence-corrected chi connectivity index (χ1v) is 11.5. The average Bonchev–Trinajstić information content (AvgIpc) is 2.84. The van der Waals surface area contributed by atoms with E-state index in [1.54, 1.807) is 18.5 Å². The van der Waals surface area contributed by atoms with Gasteiger partial charge in [-0.05, 0) is 69.6 Å². The number of likely N-dealkylation sites (N-methyl/N-ethyl adjacent to an activating group) is 1. The van der Waals surface area contributed by atoms with E-state index in [4.69, 9.17) is 5.73 Å². The Bertz CT molecular complexity index is 895. The molecule has 0 aliphatic carbocycles. The number of amides is 1. The average molecular weight is 478 g/mol. The van der Waals surface area contributed by atoms with Crippen LogP contribution < -0.4 is 22.1 Å². The number of allylic oxidation sites excluding steroid dienone is 3. The molecule has 1 amide bonds. The number of aromatic nitrogens is 1. The van der Waals surface area contributed by atoms with Crippen molar-refractivity contribution in [1.29, 1.82) is 0 Å². The van der Waals surface area contributed by atoms with Crippen molar-refractivity contribution >= 4 is 17.3 Å². The van der Waals surface area contributed by atoms with E-state index in [9.17, 15) is 13.6 Å². The Hall–Kier alpha value is -2.98. The molecule has 188 valence electrons. The summed E-state index contributed by atoms with van der Waals surface area (Å²) in [4.78, 5) is 20.9. The number of carbonyl (C=O) groups is 1. The second kappa shape index (κ2) is 13.7. The minimum atomic E-state index is -1.30. The summed E-state index contributed by atoms with van der Waals surface area (Å²) in [6, 6.07) is 3.63. The van der Waals surface area contributed by atoms with E-state index in [2.05, 4.69) is 21.4 Å². The lowest BCUT2D eigenvalue weighted by Crippen LogP contribution is -2.54. The van der Waals surface area contributed by atoms with Gasteiger partial charge in [0.25, 0.3) is 5.91 Å². The predicted octanol–water partition coefficient (Wildman–Crippen LogP) is 2.14. The van der Waals surface area contributed by atoms with Crippen molar-refractivity contribution in [3.05, 3.63) is 53.6 Å². The van der Waals surface area contributed by atoms with Crippen molar-refractivity contribution < 1.29 is 13.6 Å². The van der Waals surface area contributed by atoms with E-state index in [0.29, 0.717) is 23.8 Å². The van der Waals surface area contributed by atoms with Gasteiger partial charge in [-0.1, -0.05) is 6.08 Å². The molecule has 2 atom stereocenters. The van der Waals surface area contributed by atoms with Gasteiger partial charge in [-0.2, -0.15) is 0 Å². The van der Waals surface area contributed by atoms with Crippen LogP contribution in [-0.4, -0.2) is 73.4 Å². The first-order chi connectivity index (χ1) is 16.4. The van der Waals surface area contributed by atoms with Gasteiger partial charge in [-0.15, -0.1) is 0 Å². The van der Waals surface area contributed by atoms with Crippen LogP contribution in [0.1, 0.15) is 31.7 Å². The molecule has 1 fully saturated rings. The molecule has 34 heavy (non-hydrogen) atoms. The van der Waals surface area contributed by atoms with E-state index >= 15 is 0 Å². The number of nitrogens with zero attached hydrogens (tertiary/aromatic N) is 3. The lowest BCUT2D eigenvalue weighted by molar-refractivity contribution is -0.125. The molecule has 3 rings (SSSR count). The van der Waals surface area contributed by atoms with Gasteiger partial charge in [-0.3, -0.25) is 9.69 Å². The fraction of sp³-hybridized carbons (Fsp3) is 0.500. The summed E-state index contributed by atoms with van der Waals surface area (Å²) in [7, 11) is 3.32. The van der Waals surface area contributed by atoms with Crippen LogP contribution in [0, 0.1) is 0 Å². The van der Waals surface area contributed by atoms with E-state index < -0.39 is 19.0 Å². The number of nitrogen functional groups attached to an aromatic ring is 1. The van der Waals surface area contributed by atoms with Crippen LogP contribution >= 0.6 is 0 Å². The lowest BCUT2D eigenvalue weighted by atomic mass is 10.1. The number of piperidine rings is 1. The number of hydrogen-bond donors (Lipinski definition) is 4. The highest BCUT2D eigenvalue weighted by atomic mass is 19.1. The third-order valence-electron chi connectivity index (χ3n) is 5.66. The Kier molecular flexibility index (Phi) is 11.0. The molecule has 10 heteroatoms. The summed E-state index contributed by atoms with van der Waals surface area (Å²) < 4.78 is 27.5. The maximum atomic E-state index is 14.6. The van der Waals surface area contributed by atoms with Gasteiger partial charge >= 0.3 is 0 Å². The molecule has 1 aromatic heterocycles. The zero-order valence-corrected chi connectivity index (χ0v) is 20.2. The highest BCUT2D eigenvalue weighted by Crippen LogP contribution is 2.23. The third-order valence-corrected chi connectivity index (χ3v) is 5.66. The molecule has 3 heterocycles. The second-order valence-corrected chi connectivity index (χ2v) is 8.13. The van der Waals surface area contributed by atoms with Crippen molar-refractivity contribution in [3.8, 4) is 0 Å². The van der Waals surface area contributed by atoms with E-state index in [-0.39, 0.29) is 5.91 Å². The van der Waals surface area contributed by atoms with Crippen LogP contribution in [0.25, 0.3) is 5.57 Å². The van der Waals surface area contributed by atoms with Gasteiger partial charge in [0.1, 0.15) is 18.7 Å². The van der Waals surface area contributed by atoms with E-state index in [1.807, 2.05) is 22.9 Å². The van der Waals surface area contributed by atoms with Gasteiger partial charge in [-0.25, -0.2) is 13.8 Å². The fourth-order valence-corrected chi connectivity index (χ4v) is 4.14. The van der Waals surface area contributed by atoms with Gasteiger partial charge in [0.15, 0.2) is 6.17 Å². The number of hydrogen-bond acceptors (Lipinski definition) is 7. The Morgan fingerprint density at radius 1 is 1.35 bits per heavy atom. The smallest absolute Gasteiger partial charge is 0.262 e. The third kappa shape index (κ3) is 7.26. The highest BCUT2D eigenvalue weighted by Gasteiger charge is 2.29. The highest BCUT2D eigenvalue weighted by molar-refractivity contribution is 5.85. The van der Waals surface area contributed by atoms with Crippen LogP contribution in [0.3, 0.4) is 0 Å². The summed E-state index contributed by atoms with van der Waals surface area (Å²) in [5.74, 6) is 0.0802. The van der Waals surface area contributed by atoms with Crippen molar-refractivity contribution in [2.75, 3.05) is 46.1 Å². The van der Waals surface area contributed by atoms with Crippen molar-refractivity contribution in [2.45, 2.75) is 38.5 Å². The molecule has 2 aliphatic rings. The minimum absolute atomic E-state index is 0.302. The molecule has 1 aromatic rings. The number of halogens is 2. The summed E-state index contributed by atoms with van der Waals surface area (Å²) in [6.07, 6.45) is 7.23. The summed E-state index contributed by atoms with van der Waals surface area (Å²) >= 11 is 0. The quantitative estimate of drug-likeness (QED) is 0.445. The number of pyridine rings is 1. The molecule has 0 spiro atoms. The zero-order valence-electron chi connectivity index (χ0n) is 20.2. The first-order valence-electron chi connectivity index (χ1n) is 11.5. The van der Waals surface area contributed by atoms with Crippen LogP contribution in [-0.2, 0) is 4.79 Å².